The second-order valence-electron chi connectivity index (χ2n) is 3.68. The van der Waals surface area contributed by atoms with E-state index in [1.54, 1.807) is 24.7 Å². The number of hydrogen-bond donors (Lipinski definition) is 1. The van der Waals surface area contributed by atoms with Crippen LogP contribution >= 0.6 is 0 Å². The average molecular weight is 240 g/mol. The van der Waals surface area contributed by atoms with E-state index in [0.717, 1.165) is 11.3 Å². The highest BCUT2D eigenvalue weighted by Gasteiger charge is 2.12. The van der Waals surface area contributed by atoms with E-state index >= 15 is 0 Å². The van der Waals surface area contributed by atoms with Crippen molar-refractivity contribution in [3.63, 3.8) is 0 Å². The number of carboxylic acids is 1. The van der Waals surface area contributed by atoms with Crippen molar-refractivity contribution in [1.82, 2.24) is 19.6 Å². The molecule has 0 unspecified atom stereocenters. The molecule has 3 heterocycles. The van der Waals surface area contributed by atoms with Crippen LogP contribution in [0.15, 0.2) is 42.9 Å². The maximum Gasteiger partial charge on any atom is 0.356 e. The number of carboxylic acid groups (broad SMARTS) is 1. The molecule has 6 heteroatoms. The summed E-state index contributed by atoms with van der Waals surface area (Å²) in [4.78, 5) is 19.0. The zero-order valence-corrected chi connectivity index (χ0v) is 9.19. The fourth-order valence-electron chi connectivity index (χ4n) is 1.73. The van der Waals surface area contributed by atoms with Gasteiger partial charge in [0.15, 0.2) is 11.3 Å². The Morgan fingerprint density at radius 3 is 2.89 bits per heavy atom. The normalized spacial score (nSPS) is 10.7. The fourth-order valence-corrected chi connectivity index (χ4v) is 1.73. The lowest BCUT2D eigenvalue weighted by molar-refractivity contribution is 0.0690. The van der Waals surface area contributed by atoms with Crippen molar-refractivity contribution in [2.24, 2.45) is 0 Å². The molecule has 0 spiro atoms. The van der Waals surface area contributed by atoms with Crippen molar-refractivity contribution in [3.05, 3.63) is 48.5 Å². The fraction of sp³-hybridized carbons (Fsp3) is 0. The van der Waals surface area contributed by atoms with E-state index in [2.05, 4.69) is 15.1 Å². The first-order valence-electron chi connectivity index (χ1n) is 5.24. The summed E-state index contributed by atoms with van der Waals surface area (Å²) in [6.45, 7) is 0. The number of fused-ring (bicyclic) bond motifs is 1. The van der Waals surface area contributed by atoms with E-state index in [9.17, 15) is 4.79 Å². The Balaban J connectivity index is 2.27. The number of hydrogen-bond acceptors (Lipinski definition) is 4. The van der Waals surface area contributed by atoms with Gasteiger partial charge >= 0.3 is 5.97 Å². The summed E-state index contributed by atoms with van der Waals surface area (Å²) >= 11 is 0. The molecule has 0 aromatic carbocycles. The van der Waals surface area contributed by atoms with Gasteiger partial charge in [-0.3, -0.25) is 4.98 Å². The number of aromatic nitrogens is 4. The molecule has 3 aromatic rings. The van der Waals surface area contributed by atoms with Crippen molar-refractivity contribution in [2.45, 2.75) is 0 Å². The van der Waals surface area contributed by atoms with Crippen molar-refractivity contribution in [1.29, 1.82) is 0 Å². The highest BCUT2D eigenvalue weighted by molar-refractivity contribution is 5.86. The van der Waals surface area contributed by atoms with Gasteiger partial charge in [-0.05, 0) is 18.2 Å². The molecule has 0 amide bonds. The van der Waals surface area contributed by atoms with Crippen LogP contribution in [-0.4, -0.2) is 30.7 Å². The third-order valence-corrected chi connectivity index (χ3v) is 2.53. The molecular weight excluding hydrogens is 232 g/mol. The van der Waals surface area contributed by atoms with Crippen LogP contribution in [0.1, 0.15) is 10.5 Å². The number of carbonyl (C=O) groups is 1. The summed E-state index contributed by atoms with van der Waals surface area (Å²) in [5.41, 5.74) is 2.07. The lowest BCUT2D eigenvalue weighted by Crippen LogP contribution is -1.99. The van der Waals surface area contributed by atoms with Crippen molar-refractivity contribution >= 4 is 11.6 Å². The van der Waals surface area contributed by atoms with Gasteiger partial charge in [0.1, 0.15) is 0 Å². The molecule has 18 heavy (non-hydrogen) atoms. The molecule has 3 rings (SSSR count). The molecule has 0 saturated carbocycles. The monoisotopic (exact) mass is 240 g/mol. The minimum atomic E-state index is -1.07. The molecular formula is C12H8N4O2. The summed E-state index contributed by atoms with van der Waals surface area (Å²) < 4.78 is 1.50. The van der Waals surface area contributed by atoms with E-state index in [4.69, 9.17) is 5.11 Å². The summed E-state index contributed by atoms with van der Waals surface area (Å²) in [7, 11) is 0. The SMILES string of the molecule is O=C(O)c1cc2nccc(-c3cccnc3)n2n1. The standard InChI is InChI=1S/C12H8N4O2/c17-12(18)9-6-11-14-5-3-10(16(11)15-9)8-2-1-4-13-7-8/h1-7H,(H,17,18). The van der Waals surface area contributed by atoms with Gasteiger partial charge in [0, 0.05) is 30.2 Å². The molecule has 3 aromatic heterocycles. The van der Waals surface area contributed by atoms with Crippen LogP contribution in [0.25, 0.3) is 16.9 Å². The van der Waals surface area contributed by atoms with Crippen LogP contribution < -0.4 is 0 Å². The molecule has 0 aliphatic rings. The summed E-state index contributed by atoms with van der Waals surface area (Å²) in [5.74, 6) is -1.07. The lowest BCUT2D eigenvalue weighted by atomic mass is 10.2. The Morgan fingerprint density at radius 1 is 1.28 bits per heavy atom. The van der Waals surface area contributed by atoms with Gasteiger partial charge < -0.3 is 5.11 Å². The smallest absolute Gasteiger partial charge is 0.356 e. The van der Waals surface area contributed by atoms with Gasteiger partial charge in [-0.25, -0.2) is 14.3 Å². The van der Waals surface area contributed by atoms with Crippen molar-refractivity contribution < 1.29 is 9.90 Å². The van der Waals surface area contributed by atoms with Crippen molar-refractivity contribution in [2.75, 3.05) is 0 Å². The molecule has 0 fully saturated rings. The largest absolute Gasteiger partial charge is 0.476 e. The third kappa shape index (κ3) is 1.60. The first kappa shape index (κ1) is 10.4. The van der Waals surface area contributed by atoms with Gasteiger partial charge in [0.2, 0.25) is 0 Å². The number of aromatic carboxylic acids is 1. The molecule has 0 radical (unpaired) electrons. The highest BCUT2D eigenvalue weighted by atomic mass is 16.4. The minimum absolute atomic E-state index is 0.0289. The van der Waals surface area contributed by atoms with E-state index in [0.29, 0.717) is 5.65 Å². The zero-order valence-electron chi connectivity index (χ0n) is 9.19. The Kier molecular flexibility index (Phi) is 2.26. The van der Waals surface area contributed by atoms with Gasteiger partial charge in [-0.1, -0.05) is 0 Å². The number of nitrogens with zero attached hydrogens (tertiary/aromatic N) is 4. The zero-order chi connectivity index (χ0) is 12.5. The molecule has 1 N–H and O–H groups in total. The van der Waals surface area contributed by atoms with E-state index < -0.39 is 5.97 Å². The van der Waals surface area contributed by atoms with Crippen molar-refractivity contribution in [3.8, 4) is 11.3 Å². The van der Waals surface area contributed by atoms with Gasteiger partial charge in [-0.2, -0.15) is 5.10 Å². The van der Waals surface area contributed by atoms with E-state index in [-0.39, 0.29) is 5.69 Å². The molecule has 0 bridgehead atoms. The third-order valence-electron chi connectivity index (χ3n) is 2.53. The number of rotatable bonds is 2. The van der Waals surface area contributed by atoms with Crippen LogP contribution in [-0.2, 0) is 0 Å². The van der Waals surface area contributed by atoms with Crippen LogP contribution in [0.5, 0.6) is 0 Å². The maximum atomic E-state index is 10.9. The van der Waals surface area contributed by atoms with Crippen LogP contribution in [0.4, 0.5) is 0 Å². The molecule has 0 saturated heterocycles. The summed E-state index contributed by atoms with van der Waals surface area (Å²) in [6.07, 6.45) is 4.98. The average Bonchev–Trinajstić information content (AvgIpc) is 2.83. The maximum absolute atomic E-state index is 10.9. The Hall–Kier alpha value is -2.76. The van der Waals surface area contributed by atoms with Crippen LogP contribution in [0, 0.1) is 0 Å². The van der Waals surface area contributed by atoms with Gasteiger partial charge in [-0.15, -0.1) is 0 Å². The molecule has 6 nitrogen and oxygen atoms in total. The van der Waals surface area contributed by atoms with E-state index in [1.807, 2.05) is 12.1 Å². The minimum Gasteiger partial charge on any atom is -0.476 e. The Labute approximate surface area is 102 Å². The topological polar surface area (TPSA) is 80.4 Å². The predicted molar refractivity (Wildman–Crippen MR) is 63.2 cm³/mol. The second-order valence-corrected chi connectivity index (χ2v) is 3.68. The van der Waals surface area contributed by atoms with Gasteiger partial charge in [0.05, 0.1) is 5.69 Å². The first-order chi connectivity index (χ1) is 8.75. The Morgan fingerprint density at radius 2 is 2.17 bits per heavy atom. The van der Waals surface area contributed by atoms with Gasteiger partial charge in [0.25, 0.3) is 0 Å². The molecule has 0 aliphatic heterocycles. The molecule has 0 aliphatic carbocycles. The van der Waals surface area contributed by atoms with Crippen LogP contribution in [0.3, 0.4) is 0 Å². The van der Waals surface area contributed by atoms with Crippen LogP contribution in [0.2, 0.25) is 0 Å². The summed E-state index contributed by atoms with van der Waals surface area (Å²) in [6, 6.07) is 6.89. The quantitative estimate of drug-likeness (QED) is 0.734. The summed E-state index contributed by atoms with van der Waals surface area (Å²) in [5, 5.41) is 12.9. The Bertz CT molecular complexity index is 721. The molecule has 88 valence electrons. The lowest BCUT2D eigenvalue weighted by Gasteiger charge is -2.02. The first-order valence-corrected chi connectivity index (χ1v) is 5.24. The predicted octanol–water partition coefficient (Wildman–Crippen LogP) is 1.49. The number of pyridine rings is 1. The molecule has 0 atom stereocenters. The highest BCUT2D eigenvalue weighted by Crippen LogP contribution is 2.18. The van der Waals surface area contributed by atoms with E-state index in [1.165, 1.54) is 10.6 Å². The second kappa shape index (κ2) is 3.92.